The van der Waals surface area contributed by atoms with Crippen LogP contribution in [0.1, 0.15) is 24.0 Å². The largest absolute Gasteiger partial charge is 0.347 e. The zero-order chi connectivity index (χ0) is 11.0. The Bertz CT molecular complexity index is 511. The molecule has 1 aliphatic rings. The maximum atomic E-state index is 5.60. The fraction of sp³-hybridized carbons (Fsp3) is 0.429. The number of nitrogens with zero attached hydrogens (tertiary/aromatic N) is 1. The molecule has 84 valence electrons. The zero-order valence-corrected chi connectivity index (χ0v) is 9.58. The quantitative estimate of drug-likeness (QED) is 0.836. The summed E-state index contributed by atoms with van der Waals surface area (Å²) in [5.74, 6) is 0. The van der Waals surface area contributed by atoms with Crippen LogP contribution in [0.4, 0.5) is 0 Å². The van der Waals surface area contributed by atoms with Gasteiger partial charge in [-0.3, -0.25) is 0 Å². The first-order valence-corrected chi connectivity index (χ1v) is 6.20. The van der Waals surface area contributed by atoms with Crippen LogP contribution in [0.3, 0.4) is 0 Å². The van der Waals surface area contributed by atoms with E-state index in [2.05, 4.69) is 29.0 Å². The molecule has 0 saturated carbocycles. The van der Waals surface area contributed by atoms with E-state index in [0.29, 0.717) is 0 Å². The number of nitrogens with two attached hydrogens (primary N) is 1. The van der Waals surface area contributed by atoms with Crippen molar-refractivity contribution in [3.63, 3.8) is 0 Å². The molecule has 2 aromatic rings. The molecule has 2 heterocycles. The molecule has 2 N–H and O–H groups in total. The van der Waals surface area contributed by atoms with Crippen LogP contribution in [-0.2, 0) is 19.4 Å². The molecule has 16 heavy (non-hydrogen) atoms. The van der Waals surface area contributed by atoms with Gasteiger partial charge in [-0.15, -0.1) is 0 Å². The van der Waals surface area contributed by atoms with Crippen LogP contribution in [0.2, 0.25) is 0 Å². The first-order valence-electron chi connectivity index (χ1n) is 6.20. The molecule has 0 saturated heterocycles. The van der Waals surface area contributed by atoms with Crippen LogP contribution >= 0.6 is 0 Å². The number of benzene rings is 1. The van der Waals surface area contributed by atoms with Crippen molar-refractivity contribution in [2.75, 3.05) is 6.54 Å². The van der Waals surface area contributed by atoms with Crippen LogP contribution in [0.25, 0.3) is 10.9 Å². The molecule has 0 atom stereocenters. The smallest absolute Gasteiger partial charge is 0.0515 e. The van der Waals surface area contributed by atoms with Gasteiger partial charge in [-0.25, -0.2) is 0 Å². The summed E-state index contributed by atoms with van der Waals surface area (Å²) in [5.41, 5.74) is 10.1. The van der Waals surface area contributed by atoms with Crippen molar-refractivity contribution in [3.8, 4) is 0 Å². The standard InChI is InChI=1S/C14H18N2/c15-8-2-5-12-10-16-9-3-6-11-4-1-7-13(12)14(11)16/h1,4,7,10H,2-3,5-6,8-9,15H2. The van der Waals surface area contributed by atoms with Gasteiger partial charge in [0.1, 0.15) is 0 Å². The summed E-state index contributed by atoms with van der Waals surface area (Å²) in [6.45, 7) is 1.96. The number of hydrogen-bond donors (Lipinski definition) is 1. The SMILES string of the molecule is NCCCc1cn2c3c(cccc13)CCC2. The van der Waals surface area contributed by atoms with Crippen molar-refractivity contribution in [1.29, 1.82) is 0 Å². The Morgan fingerprint density at radius 3 is 3.12 bits per heavy atom. The molecule has 0 spiro atoms. The summed E-state index contributed by atoms with van der Waals surface area (Å²) in [7, 11) is 0. The topological polar surface area (TPSA) is 30.9 Å². The first-order chi connectivity index (χ1) is 7.90. The van der Waals surface area contributed by atoms with Crippen molar-refractivity contribution in [2.24, 2.45) is 5.73 Å². The molecular weight excluding hydrogens is 196 g/mol. The van der Waals surface area contributed by atoms with Gasteiger partial charge in [0.2, 0.25) is 0 Å². The predicted molar refractivity (Wildman–Crippen MR) is 67.6 cm³/mol. The molecule has 1 aromatic carbocycles. The van der Waals surface area contributed by atoms with Gasteiger partial charge >= 0.3 is 0 Å². The average Bonchev–Trinajstić information content (AvgIpc) is 2.68. The third-order valence-corrected chi connectivity index (χ3v) is 3.56. The summed E-state index contributed by atoms with van der Waals surface area (Å²) in [4.78, 5) is 0. The molecule has 1 aromatic heterocycles. The molecular formula is C14H18N2. The Morgan fingerprint density at radius 1 is 1.31 bits per heavy atom. The Morgan fingerprint density at radius 2 is 2.25 bits per heavy atom. The summed E-state index contributed by atoms with van der Waals surface area (Å²) >= 11 is 0. The van der Waals surface area contributed by atoms with Crippen molar-refractivity contribution >= 4 is 10.9 Å². The lowest BCUT2D eigenvalue weighted by molar-refractivity contribution is 0.634. The summed E-state index contributed by atoms with van der Waals surface area (Å²) in [6.07, 6.45) is 7.05. The van der Waals surface area contributed by atoms with E-state index in [-0.39, 0.29) is 0 Å². The maximum absolute atomic E-state index is 5.60. The highest BCUT2D eigenvalue weighted by Crippen LogP contribution is 2.29. The van der Waals surface area contributed by atoms with E-state index in [9.17, 15) is 0 Å². The van der Waals surface area contributed by atoms with Gasteiger partial charge in [0.05, 0.1) is 5.52 Å². The summed E-state index contributed by atoms with van der Waals surface area (Å²) in [5, 5.41) is 1.45. The Kier molecular flexibility index (Phi) is 2.44. The third-order valence-electron chi connectivity index (χ3n) is 3.56. The van der Waals surface area contributed by atoms with Crippen LogP contribution in [0.5, 0.6) is 0 Å². The summed E-state index contributed by atoms with van der Waals surface area (Å²) in [6, 6.07) is 6.72. The average molecular weight is 214 g/mol. The number of hydrogen-bond acceptors (Lipinski definition) is 1. The van der Waals surface area contributed by atoms with Gasteiger partial charge in [0.25, 0.3) is 0 Å². The molecule has 0 amide bonds. The van der Waals surface area contributed by atoms with Gasteiger partial charge < -0.3 is 10.3 Å². The minimum Gasteiger partial charge on any atom is -0.347 e. The van der Waals surface area contributed by atoms with E-state index in [4.69, 9.17) is 5.73 Å². The van der Waals surface area contributed by atoms with Crippen LogP contribution < -0.4 is 5.73 Å². The number of aromatic nitrogens is 1. The second-order valence-corrected chi connectivity index (χ2v) is 4.66. The highest BCUT2D eigenvalue weighted by Gasteiger charge is 2.14. The van der Waals surface area contributed by atoms with E-state index < -0.39 is 0 Å². The lowest BCUT2D eigenvalue weighted by atomic mass is 10.0. The van der Waals surface area contributed by atoms with Crippen LogP contribution in [0, 0.1) is 0 Å². The molecule has 3 rings (SSSR count). The van der Waals surface area contributed by atoms with Gasteiger partial charge in [-0.1, -0.05) is 18.2 Å². The van der Waals surface area contributed by atoms with Crippen LogP contribution in [-0.4, -0.2) is 11.1 Å². The monoisotopic (exact) mass is 214 g/mol. The van der Waals surface area contributed by atoms with Crippen LogP contribution in [0.15, 0.2) is 24.4 Å². The van der Waals surface area contributed by atoms with Gasteiger partial charge in [-0.05, 0) is 43.4 Å². The van der Waals surface area contributed by atoms with Crippen molar-refractivity contribution in [1.82, 2.24) is 4.57 Å². The summed E-state index contributed by atoms with van der Waals surface area (Å²) < 4.78 is 2.43. The number of aryl methyl sites for hydroxylation is 3. The second kappa shape index (κ2) is 3.95. The second-order valence-electron chi connectivity index (χ2n) is 4.66. The maximum Gasteiger partial charge on any atom is 0.0515 e. The van der Waals surface area contributed by atoms with Crippen molar-refractivity contribution in [3.05, 3.63) is 35.5 Å². The molecule has 1 aliphatic heterocycles. The van der Waals surface area contributed by atoms with E-state index >= 15 is 0 Å². The Balaban J connectivity index is 2.14. The van der Waals surface area contributed by atoms with E-state index in [1.807, 2.05) is 0 Å². The fourth-order valence-corrected chi connectivity index (χ4v) is 2.82. The molecule has 2 nitrogen and oxygen atoms in total. The zero-order valence-electron chi connectivity index (χ0n) is 9.58. The third kappa shape index (κ3) is 1.45. The van der Waals surface area contributed by atoms with Gasteiger partial charge in [0, 0.05) is 18.1 Å². The Labute approximate surface area is 96.1 Å². The molecule has 0 unspecified atom stereocenters. The molecule has 0 aliphatic carbocycles. The predicted octanol–water partition coefficient (Wildman–Crippen LogP) is 2.48. The highest BCUT2D eigenvalue weighted by molar-refractivity contribution is 5.87. The number of rotatable bonds is 3. The fourth-order valence-electron chi connectivity index (χ4n) is 2.82. The molecule has 0 fully saturated rings. The molecule has 0 radical (unpaired) electrons. The lowest BCUT2D eigenvalue weighted by Crippen LogP contribution is -2.05. The normalized spacial score (nSPS) is 14.6. The highest BCUT2D eigenvalue weighted by atomic mass is 15.0. The van der Waals surface area contributed by atoms with Crippen molar-refractivity contribution in [2.45, 2.75) is 32.2 Å². The molecule has 2 heteroatoms. The van der Waals surface area contributed by atoms with E-state index in [0.717, 1.165) is 19.4 Å². The van der Waals surface area contributed by atoms with Crippen molar-refractivity contribution < 1.29 is 0 Å². The first kappa shape index (κ1) is 9.91. The van der Waals surface area contributed by atoms with Gasteiger partial charge in [0.15, 0.2) is 0 Å². The molecule has 0 bridgehead atoms. The lowest BCUT2D eigenvalue weighted by Gasteiger charge is -2.14. The minimum absolute atomic E-state index is 0.784. The number of para-hydroxylation sites is 1. The minimum atomic E-state index is 0.784. The van der Waals surface area contributed by atoms with E-state index in [1.54, 1.807) is 0 Å². The van der Waals surface area contributed by atoms with Gasteiger partial charge in [-0.2, -0.15) is 0 Å². The Hall–Kier alpha value is -1.28. The van der Waals surface area contributed by atoms with E-state index in [1.165, 1.54) is 41.4 Å².